The van der Waals surface area contributed by atoms with E-state index in [-0.39, 0.29) is 11.5 Å². The van der Waals surface area contributed by atoms with E-state index in [4.69, 9.17) is 4.74 Å². The Hall–Kier alpha value is -2.47. The highest BCUT2D eigenvalue weighted by Crippen LogP contribution is 2.33. The molecule has 25 heavy (non-hydrogen) atoms. The first-order valence-electron chi connectivity index (χ1n) is 7.79. The van der Waals surface area contributed by atoms with Crippen molar-refractivity contribution in [2.45, 2.75) is 23.2 Å². The van der Waals surface area contributed by atoms with E-state index in [1.54, 1.807) is 36.4 Å². The summed E-state index contributed by atoms with van der Waals surface area (Å²) in [6.45, 7) is 1.38. The van der Waals surface area contributed by atoms with Crippen molar-refractivity contribution in [3.8, 4) is 0 Å². The molecule has 132 valence electrons. The Bertz CT molecular complexity index is 832. The number of rotatable bonds is 7. The number of sulfone groups is 1. The predicted molar refractivity (Wildman–Crippen MR) is 94.2 cm³/mol. The molecular weight excluding hydrogens is 343 g/mol. The number of benzene rings is 2. The second-order valence-corrected chi connectivity index (χ2v) is 7.41. The number of esters is 1. The summed E-state index contributed by atoms with van der Waals surface area (Å²) >= 11 is 0. The molecule has 1 atom stereocenters. The number of hydrogen-bond acceptors (Lipinski definition) is 4. The van der Waals surface area contributed by atoms with Crippen LogP contribution in [0.25, 0.3) is 6.08 Å². The van der Waals surface area contributed by atoms with Crippen molar-refractivity contribution in [2.75, 3.05) is 6.61 Å². The van der Waals surface area contributed by atoms with Gasteiger partial charge in [0.15, 0.2) is 0 Å². The molecule has 0 aliphatic rings. The molecule has 2 aromatic carbocycles. The predicted octanol–water partition coefficient (Wildman–Crippen LogP) is 3.79. The third kappa shape index (κ3) is 4.14. The molecule has 0 aliphatic heterocycles. The molecule has 0 aliphatic carbocycles. The second kappa shape index (κ2) is 8.07. The lowest BCUT2D eigenvalue weighted by molar-refractivity contribution is -0.151. The summed E-state index contributed by atoms with van der Waals surface area (Å²) in [6.07, 6.45) is 2.25. The molecule has 0 saturated carbocycles. The second-order valence-electron chi connectivity index (χ2n) is 5.28. The molecule has 0 radical (unpaired) electrons. The molecule has 0 bridgehead atoms. The summed E-state index contributed by atoms with van der Waals surface area (Å²) in [7, 11) is -4.57. The first-order chi connectivity index (χ1) is 11.9. The van der Waals surface area contributed by atoms with Crippen LogP contribution < -0.4 is 0 Å². The molecule has 0 heterocycles. The molecule has 0 aromatic heterocycles. The van der Waals surface area contributed by atoms with Crippen molar-refractivity contribution in [3.63, 3.8) is 0 Å². The number of allylic oxidation sites excluding steroid dienone is 1. The zero-order chi connectivity index (χ0) is 18.3. The normalized spacial score (nSPS) is 14.2. The zero-order valence-electron chi connectivity index (χ0n) is 13.8. The highest BCUT2D eigenvalue weighted by atomic mass is 32.2. The van der Waals surface area contributed by atoms with E-state index in [2.05, 4.69) is 0 Å². The van der Waals surface area contributed by atoms with Crippen molar-refractivity contribution >= 4 is 21.9 Å². The molecule has 4 nitrogen and oxygen atoms in total. The van der Waals surface area contributed by atoms with Crippen LogP contribution in [0.1, 0.15) is 18.9 Å². The summed E-state index contributed by atoms with van der Waals surface area (Å²) in [5.41, 5.74) is 0.769. The lowest BCUT2D eigenvalue weighted by Crippen LogP contribution is -2.43. The Labute approximate surface area is 146 Å². The Morgan fingerprint density at radius 3 is 2.20 bits per heavy atom. The van der Waals surface area contributed by atoms with E-state index in [0.29, 0.717) is 0 Å². The highest BCUT2D eigenvalue weighted by molar-refractivity contribution is 7.93. The monoisotopic (exact) mass is 362 g/mol. The smallest absolute Gasteiger partial charge is 0.360 e. The van der Waals surface area contributed by atoms with Crippen LogP contribution >= 0.6 is 0 Å². The Kier molecular flexibility index (Phi) is 6.09. The summed E-state index contributed by atoms with van der Waals surface area (Å²) < 4.78 is 45.5. The molecule has 0 saturated heterocycles. The largest absolute Gasteiger partial charge is 0.463 e. The number of halogens is 1. The van der Waals surface area contributed by atoms with Gasteiger partial charge < -0.3 is 4.74 Å². The van der Waals surface area contributed by atoms with Crippen molar-refractivity contribution < 1.29 is 22.3 Å². The fourth-order valence-electron chi connectivity index (χ4n) is 2.24. The van der Waals surface area contributed by atoms with Gasteiger partial charge in [0.05, 0.1) is 11.5 Å². The molecule has 0 fully saturated rings. The fourth-order valence-corrected chi connectivity index (χ4v) is 3.72. The van der Waals surface area contributed by atoms with Gasteiger partial charge >= 0.3 is 11.0 Å². The minimum absolute atomic E-state index is 0.114. The van der Waals surface area contributed by atoms with E-state index in [1.807, 2.05) is 6.07 Å². The molecule has 2 rings (SSSR count). The van der Waals surface area contributed by atoms with Crippen molar-refractivity contribution in [3.05, 3.63) is 72.3 Å². The van der Waals surface area contributed by atoms with Gasteiger partial charge in [0, 0.05) is 6.42 Å². The van der Waals surface area contributed by atoms with Gasteiger partial charge in [-0.05, 0) is 24.6 Å². The highest BCUT2D eigenvalue weighted by Gasteiger charge is 2.53. The van der Waals surface area contributed by atoms with E-state index in [0.717, 1.165) is 5.56 Å². The van der Waals surface area contributed by atoms with Crippen LogP contribution in [0.15, 0.2) is 71.6 Å². The molecule has 0 spiro atoms. The number of carbonyl (C=O) groups is 1. The van der Waals surface area contributed by atoms with Crippen LogP contribution in [-0.2, 0) is 19.4 Å². The number of carbonyl (C=O) groups excluding carboxylic acids is 1. The average molecular weight is 362 g/mol. The Morgan fingerprint density at radius 2 is 1.64 bits per heavy atom. The summed E-state index contributed by atoms with van der Waals surface area (Å²) in [5.74, 6) is -1.41. The van der Waals surface area contributed by atoms with Crippen LogP contribution in [0.4, 0.5) is 4.39 Å². The topological polar surface area (TPSA) is 60.4 Å². The molecule has 0 N–H and O–H groups in total. The Balaban J connectivity index is 2.37. The summed E-state index contributed by atoms with van der Waals surface area (Å²) in [6, 6.07) is 16.1. The van der Waals surface area contributed by atoms with Gasteiger partial charge in [-0.15, -0.1) is 0 Å². The van der Waals surface area contributed by atoms with Crippen molar-refractivity contribution in [1.82, 2.24) is 0 Å². The number of hydrogen-bond donors (Lipinski definition) is 0. The van der Waals surface area contributed by atoms with E-state index in [1.165, 1.54) is 37.3 Å². The summed E-state index contributed by atoms with van der Waals surface area (Å²) in [5, 5.41) is -3.18. The first-order valence-corrected chi connectivity index (χ1v) is 9.27. The van der Waals surface area contributed by atoms with Gasteiger partial charge in [0.1, 0.15) is 0 Å². The van der Waals surface area contributed by atoms with Gasteiger partial charge in [-0.2, -0.15) is 0 Å². The standard InChI is InChI=1S/C19H19FO4S/c1-2-24-18(21)19(20,15-9-12-16-10-5-3-6-11-16)25(22,23)17-13-7-4-8-14-17/h3-14H,2,15H2,1H3/b12-9+. The quantitative estimate of drug-likeness (QED) is 0.703. The third-order valence-corrected chi connectivity index (χ3v) is 5.63. The molecule has 0 amide bonds. The molecular formula is C19H19FO4S. The maximum atomic E-state index is 15.4. The number of alkyl halides is 1. The first kappa shape index (κ1) is 18.9. The molecule has 2 aromatic rings. The Morgan fingerprint density at radius 1 is 1.08 bits per heavy atom. The lowest BCUT2D eigenvalue weighted by Gasteiger charge is -2.22. The lowest BCUT2D eigenvalue weighted by atomic mass is 10.2. The van der Waals surface area contributed by atoms with Crippen LogP contribution in [0.2, 0.25) is 0 Å². The van der Waals surface area contributed by atoms with Crippen molar-refractivity contribution in [2.24, 2.45) is 0 Å². The van der Waals surface area contributed by atoms with Crippen LogP contribution in [0, 0.1) is 0 Å². The third-order valence-electron chi connectivity index (χ3n) is 3.55. The fraction of sp³-hybridized carbons (Fsp3) is 0.211. The SMILES string of the molecule is CCOC(=O)C(F)(C/C=C/c1ccccc1)S(=O)(=O)c1ccccc1. The van der Waals surface area contributed by atoms with Gasteiger partial charge in [-0.1, -0.05) is 60.7 Å². The van der Waals surface area contributed by atoms with Crippen molar-refractivity contribution in [1.29, 1.82) is 0 Å². The van der Waals surface area contributed by atoms with Gasteiger partial charge in [-0.25, -0.2) is 17.6 Å². The minimum Gasteiger partial charge on any atom is -0.463 e. The molecule has 6 heteroatoms. The van der Waals surface area contributed by atoms with Crippen LogP contribution in [0.3, 0.4) is 0 Å². The minimum atomic E-state index is -4.57. The average Bonchev–Trinajstić information content (AvgIpc) is 2.63. The van der Waals surface area contributed by atoms with Crippen LogP contribution in [0.5, 0.6) is 0 Å². The zero-order valence-corrected chi connectivity index (χ0v) is 14.6. The van der Waals surface area contributed by atoms with E-state index in [9.17, 15) is 13.2 Å². The maximum Gasteiger partial charge on any atom is 0.360 e. The number of ether oxygens (including phenoxy) is 1. The van der Waals surface area contributed by atoms with E-state index >= 15 is 4.39 Å². The molecule has 1 unspecified atom stereocenters. The van der Waals surface area contributed by atoms with Gasteiger partial charge in [0.25, 0.3) is 0 Å². The van der Waals surface area contributed by atoms with Gasteiger partial charge in [0.2, 0.25) is 9.84 Å². The van der Waals surface area contributed by atoms with Crippen LogP contribution in [-0.4, -0.2) is 26.0 Å². The maximum absolute atomic E-state index is 15.4. The van der Waals surface area contributed by atoms with Gasteiger partial charge in [-0.3, -0.25) is 0 Å². The summed E-state index contributed by atoms with van der Waals surface area (Å²) in [4.78, 5) is 11.9. The van der Waals surface area contributed by atoms with E-state index < -0.39 is 27.2 Å².